The first-order valence-corrected chi connectivity index (χ1v) is 10.8. The Labute approximate surface area is 176 Å². The monoisotopic (exact) mass is 420 g/mol. The van der Waals surface area contributed by atoms with Gasteiger partial charge in [-0.25, -0.2) is 0 Å². The van der Waals surface area contributed by atoms with Gasteiger partial charge in [-0.15, -0.1) is 0 Å². The highest BCUT2D eigenvalue weighted by Crippen LogP contribution is 2.43. The highest BCUT2D eigenvalue weighted by atomic mass is 19.4. The second-order valence-corrected chi connectivity index (χ2v) is 8.94. The van der Waals surface area contributed by atoms with Crippen molar-refractivity contribution in [1.29, 1.82) is 0 Å². The van der Waals surface area contributed by atoms with Crippen molar-refractivity contribution in [2.24, 2.45) is 0 Å². The summed E-state index contributed by atoms with van der Waals surface area (Å²) in [4.78, 5) is 11.8. The van der Waals surface area contributed by atoms with Gasteiger partial charge in [0.05, 0.1) is 0 Å². The van der Waals surface area contributed by atoms with E-state index in [9.17, 15) is 18.0 Å². The molecule has 1 amide bonds. The van der Waals surface area contributed by atoms with Crippen LogP contribution in [0.25, 0.3) is 10.8 Å². The van der Waals surface area contributed by atoms with Crippen molar-refractivity contribution in [1.82, 2.24) is 10.4 Å². The maximum atomic E-state index is 14.0. The molecule has 0 unspecified atom stereocenters. The number of nitrogens with one attached hydrogen (secondary N) is 1. The number of carbonyl (C=O) groups excluding carboxylic acids is 1. The van der Waals surface area contributed by atoms with Crippen LogP contribution in [0.4, 0.5) is 13.2 Å². The van der Waals surface area contributed by atoms with Crippen LogP contribution >= 0.6 is 0 Å². The molecule has 1 fully saturated rings. The van der Waals surface area contributed by atoms with Crippen LogP contribution in [0.2, 0.25) is 0 Å². The summed E-state index contributed by atoms with van der Waals surface area (Å²) in [5.41, 5.74) is 2.85. The van der Waals surface area contributed by atoms with Gasteiger partial charge in [0.1, 0.15) is 0 Å². The minimum absolute atomic E-state index is 0.0365. The first kappa shape index (κ1) is 22.6. The molecule has 0 spiro atoms. The Hall–Kier alpha value is -2.08. The minimum atomic E-state index is -4.51. The van der Waals surface area contributed by atoms with Gasteiger partial charge in [-0.1, -0.05) is 62.9 Å². The fraction of sp³-hybridized carbons (Fsp3) is 0.542. The molecule has 0 bridgehead atoms. The van der Waals surface area contributed by atoms with Crippen LogP contribution in [-0.4, -0.2) is 22.6 Å². The molecule has 30 heavy (non-hydrogen) atoms. The summed E-state index contributed by atoms with van der Waals surface area (Å²) >= 11 is 0. The molecule has 6 heteroatoms. The Morgan fingerprint density at radius 1 is 1.03 bits per heavy atom. The number of hydrazine groups is 1. The van der Waals surface area contributed by atoms with Crippen LogP contribution in [0.5, 0.6) is 0 Å². The normalized spacial score (nSPS) is 18.0. The molecular weight excluding hydrogens is 389 g/mol. The quantitative estimate of drug-likeness (QED) is 0.496. The number of rotatable bonds is 8. The van der Waals surface area contributed by atoms with Crippen LogP contribution in [0.1, 0.15) is 76.5 Å². The average Bonchev–Trinajstić information content (AvgIpc) is 2.92. The van der Waals surface area contributed by atoms with E-state index in [1.165, 1.54) is 37.3 Å². The first-order valence-electron chi connectivity index (χ1n) is 10.8. The van der Waals surface area contributed by atoms with Crippen LogP contribution < -0.4 is 5.43 Å². The number of carbonyl (C=O) groups is 1. The maximum Gasteiger partial charge on any atom is 0.409 e. The zero-order valence-electron chi connectivity index (χ0n) is 18.0. The topological polar surface area (TPSA) is 32.3 Å². The number of halogens is 3. The zero-order valence-corrected chi connectivity index (χ0v) is 18.0. The SMILES string of the molecule is CCCCCCCc1ccc2cc([C@H](N3NC(=O)CC3(C)C)C(F)(F)F)ccc2c1. The second kappa shape index (κ2) is 8.96. The Bertz CT molecular complexity index is 892. The Kier molecular flexibility index (Phi) is 6.75. The van der Waals surface area contributed by atoms with Crippen LogP contribution in [0.15, 0.2) is 36.4 Å². The molecular formula is C24H31F3N2O. The molecule has 0 aliphatic carbocycles. The van der Waals surface area contributed by atoms with Gasteiger partial charge in [0.25, 0.3) is 0 Å². The van der Waals surface area contributed by atoms with E-state index in [-0.39, 0.29) is 12.0 Å². The largest absolute Gasteiger partial charge is 0.409 e. The first-order chi connectivity index (χ1) is 14.1. The molecule has 1 aliphatic heterocycles. The van der Waals surface area contributed by atoms with Crippen molar-refractivity contribution in [3.8, 4) is 0 Å². The van der Waals surface area contributed by atoms with Gasteiger partial charge in [0.15, 0.2) is 6.04 Å². The van der Waals surface area contributed by atoms with E-state index in [1.54, 1.807) is 26.0 Å². The van der Waals surface area contributed by atoms with Gasteiger partial charge < -0.3 is 0 Å². The van der Waals surface area contributed by atoms with E-state index in [2.05, 4.69) is 18.4 Å². The molecule has 164 valence electrons. The van der Waals surface area contributed by atoms with Crippen LogP contribution in [-0.2, 0) is 11.2 Å². The lowest BCUT2D eigenvalue weighted by atomic mass is 9.95. The molecule has 2 aromatic rings. The van der Waals surface area contributed by atoms with Crippen molar-refractivity contribution in [3.63, 3.8) is 0 Å². The molecule has 2 aromatic carbocycles. The summed E-state index contributed by atoms with van der Waals surface area (Å²) in [6.07, 6.45) is 2.57. The van der Waals surface area contributed by atoms with Gasteiger partial charge in [0, 0.05) is 12.0 Å². The molecule has 1 atom stereocenters. The highest BCUT2D eigenvalue weighted by molar-refractivity contribution is 5.84. The number of hydrogen-bond donors (Lipinski definition) is 1. The van der Waals surface area contributed by atoms with Gasteiger partial charge >= 0.3 is 6.18 Å². The minimum Gasteiger partial charge on any atom is -0.287 e. The molecule has 1 heterocycles. The van der Waals surface area contributed by atoms with Crippen molar-refractivity contribution in [2.75, 3.05) is 0 Å². The number of unbranched alkanes of at least 4 members (excludes halogenated alkanes) is 4. The predicted octanol–water partition coefficient (Wildman–Crippen LogP) is 6.47. The van der Waals surface area contributed by atoms with Gasteiger partial charge in [-0.3, -0.25) is 10.2 Å². The average molecular weight is 421 g/mol. The summed E-state index contributed by atoms with van der Waals surface area (Å²) in [5.74, 6) is -0.390. The molecule has 0 aromatic heterocycles. The zero-order chi connectivity index (χ0) is 21.9. The lowest BCUT2D eigenvalue weighted by Gasteiger charge is -2.38. The van der Waals surface area contributed by atoms with Gasteiger partial charge in [-0.2, -0.15) is 18.2 Å². The molecule has 3 nitrogen and oxygen atoms in total. The summed E-state index contributed by atoms with van der Waals surface area (Å²) in [6.45, 7) is 5.49. The van der Waals surface area contributed by atoms with E-state index in [0.717, 1.165) is 28.6 Å². The number of benzene rings is 2. The molecule has 1 N–H and O–H groups in total. The molecule has 0 saturated carbocycles. The van der Waals surface area contributed by atoms with E-state index in [0.29, 0.717) is 0 Å². The molecule has 1 saturated heterocycles. The van der Waals surface area contributed by atoms with E-state index in [1.807, 2.05) is 12.1 Å². The van der Waals surface area contributed by atoms with Crippen molar-refractivity contribution >= 4 is 16.7 Å². The summed E-state index contributed by atoms with van der Waals surface area (Å²) < 4.78 is 42.1. The van der Waals surface area contributed by atoms with E-state index < -0.39 is 23.7 Å². The smallest absolute Gasteiger partial charge is 0.287 e. The lowest BCUT2D eigenvalue weighted by molar-refractivity contribution is -0.203. The number of amides is 1. The summed E-state index contributed by atoms with van der Waals surface area (Å²) in [6, 6.07) is 8.99. The number of fused-ring (bicyclic) bond motifs is 1. The Morgan fingerprint density at radius 2 is 1.70 bits per heavy atom. The van der Waals surface area contributed by atoms with Crippen LogP contribution in [0.3, 0.4) is 0 Å². The van der Waals surface area contributed by atoms with Gasteiger partial charge in [-0.05, 0) is 54.7 Å². The molecule has 1 aliphatic rings. The van der Waals surface area contributed by atoms with Crippen molar-refractivity contribution in [3.05, 3.63) is 47.5 Å². The van der Waals surface area contributed by atoms with E-state index >= 15 is 0 Å². The summed E-state index contributed by atoms with van der Waals surface area (Å²) in [7, 11) is 0. The third-order valence-corrected chi connectivity index (χ3v) is 5.87. The Morgan fingerprint density at radius 3 is 2.33 bits per heavy atom. The number of hydrogen-bond acceptors (Lipinski definition) is 2. The number of nitrogens with zero attached hydrogens (tertiary/aromatic N) is 1. The third-order valence-electron chi connectivity index (χ3n) is 5.87. The second-order valence-electron chi connectivity index (χ2n) is 8.94. The summed E-state index contributed by atoms with van der Waals surface area (Å²) in [5, 5.41) is 2.77. The predicted molar refractivity (Wildman–Crippen MR) is 114 cm³/mol. The highest BCUT2D eigenvalue weighted by Gasteiger charge is 2.52. The number of aryl methyl sites for hydroxylation is 1. The fourth-order valence-corrected chi connectivity index (χ4v) is 4.27. The van der Waals surface area contributed by atoms with E-state index in [4.69, 9.17) is 0 Å². The van der Waals surface area contributed by atoms with Gasteiger partial charge in [0.2, 0.25) is 5.91 Å². The number of alkyl halides is 3. The Balaban J connectivity index is 1.84. The maximum absolute atomic E-state index is 14.0. The third kappa shape index (κ3) is 5.15. The lowest BCUT2D eigenvalue weighted by Crippen LogP contribution is -2.51. The van der Waals surface area contributed by atoms with Crippen molar-refractivity contribution < 1.29 is 18.0 Å². The molecule has 3 rings (SSSR count). The van der Waals surface area contributed by atoms with Crippen molar-refractivity contribution in [2.45, 2.75) is 83.5 Å². The standard InChI is InChI=1S/C24H31F3N2O/c1-4-5-6-7-8-9-17-10-11-19-15-20(13-12-18(19)14-17)22(24(25,26)27)29-23(2,3)16-21(30)28-29/h10-15,22H,4-9,16H2,1-3H3,(H,28,30)/t22-/m0/s1. The fourth-order valence-electron chi connectivity index (χ4n) is 4.27. The van der Waals surface area contributed by atoms with Crippen LogP contribution in [0, 0.1) is 0 Å². The molecule has 0 radical (unpaired) electrons.